The van der Waals surface area contributed by atoms with Crippen LogP contribution in [0.4, 0.5) is 0 Å². The standard InChI is InChI=1S/C11H15NO3/c1-7-4-5-8(9(13)6-12)11(15-3)10(7)14-2/h4-5H,6,12H2,1-3H3. The second-order valence-electron chi connectivity index (χ2n) is 3.12. The molecule has 0 aromatic heterocycles. The first-order valence-electron chi connectivity index (χ1n) is 4.60. The zero-order valence-electron chi connectivity index (χ0n) is 9.16. The Labute approximate surface area is 89.0 Å². The molecular formula is C11H15NO3. The van der Waals surface area contributed by atoms with Crippen LogP contribution in [-0.4, -0.2) is 26.5 Å². The van der Waals surface area contributed by atoms with Gasteiger partial charge in [0.1, 0.15) is 0 Å². The average molecular weight is 209 g/mol. The molecule has 1 rings (SSSR count). The monoisotopic (exact) mass is 209 g/mol. The lowest BCUT2D eigenvalue weighted by Crippen LogP contribution is -2.15. The third kappa shape index (κ3) is 2.10. The summed E-state index contributed by atoms with van der Waals surface area (Å²) < 4.78 is 10.4. The van der Waals surface area contributed by atoms with Gasteiger partial charge in [-0.05, 0) is 18.6 Å². The van der Waals surface area contributed by atoms with Crippen LogP contribution in [0.25, 0.3) is 0 Å². The van der Waals surface area contributed by atoms with Crippen LogP contribution in [-0.2, 0) is 0 Å². The van der Waals surface area contributed by atoms with E-state index in [-0.39, 0.29) is 12.3 Å². The first-order chi connectivity index (χ1) is 7.15. The van der Waals surface area contributed by atoms with Crippen molar-refractivity contribution in [3.05, 3.63) is 23.3 Å². The number of carbonyl (C=O) groups is 1. The van der Waals surface area contributed by atoms with E-state index in [1.807, 2.05) is 13.0 Å². The van der Waals surface area contributed by atoms with E-state index >= 15 is 0 Å². The summed E-state index contributed by atoms with van der Waals surface area (Å²) >= 11 is 0. The first-order valence-corrected chi connectivity index (χ1v) is 4.60. The molecule has 4 nitrogen and oxygen atoms in total. The second kappa shape index (κ2) is 4.79. The summed E-state index contributed by atoms with van der Waals surface area (Å²) in [6, 6.07) is 3.51. The van der Waals surface area contributed by atoms with E-state index in [9.17, 15) is 4.79 Å². The van der Waals surface area contributed by atoms with Crippen LogP contribution in [0.5, 0.6) is 11.5 Å². The Bertz CT molecular complexity index is 374. The van der Waals surface area contributed by atoms with Gasteiger partial charge in [-0.25, -0.2) is 0 Å². The van der Waals surface area contributed by atoms with E-state index in [0.29, 0.717) is 17.1 Å². The Morgan fingerprint density at radius 2 is 1.87 bits per heavy atom. The fourth-order valence-electron chi connectivity index (χ4n) is 1.45. The Morgan fingerprint density at radius 3 is 2.33 bits per heavy atom. The van der Waals surface area contributed by atoms with Gasteiger partial charge in [0, 0.05) is 0 Å². The Kier molecular flexibility index (Phi) is 3.68. The quantitative estimate of drug-likeness (QED) is 0.756. The highest BCUT2D eigenvalue weighted by Gasteiger charge is 2.16. The maximum atomic E-state index is 11.5. The molecule has 0 spiro atoms. The van der Waals surface area contributed by atoms with Gasteiger partial charge < -0.3 is 15.2 Å². The molecule has 1 aromatic rings. The predicted octanol–water partition coefficient (Wildman–Crippen LogP) is 1.15. The average Bonchev–Trinajstić information content (AvgIpc) is 2.27. The number of ether oxygens (including phenoxy) is 2. The van der Waals surface area contributed by atoms with E-state index in [4.69, 9.17) is 15.2 Å². The molecule has 15 heavy (non-hydrogen) atoms. The number of nitrogens with two attached hydrogens (primary N) is 1. The predicted molar refractivity (Wildman–Crippen MR) is 57.7 cm³/mol. The van der Waals surface area contributed by atoms with Crippen LogP contribution in [0.1, 0.15) is 15.9 Å². The fourth-order valence-corrected chi connectivity index (χ4v) is 1.45. The van der Waals surface area contributed by atoms with Crippen molar-refractivity contribution < 1.29 is 14.3 Å². The zero-order valence-corrected chi connectivity index (χ0v) is 9.16. The summed E-state index contributed by atoms with van der Waals surface area (Å²) in [5.74, 6) is 0.870. The number of carbonyl (C=O) groups excluding carboxylic acids is 1. The molecule has 0 amide bonds. The minimum atomic E-state index is -0.162. The Morgan fingerprint density at radius 1 is 1.27 bits per heavy atom. The molecule has 0 aliphatic carbocycles. The van der Waals surface area contributed by atoms with Crippen LogP contribution in [0.2, 0.25) is 0 Å². The molecule has 0 bridgehead atoms. The lowest BCUT2D eigenvalue weighted by molar-refractivity contribution is 0.0998. The third-order valence-corrected chi connectivity index (χ3v) is 2.20. The number of ketones is 1. The van der Waals surface area contributed by atoms with Crippen molar-refractivity contribution in [3.63, 3.8) is 0 Å². The van der Waals surface area contributed by atoms with Gasteiger partial charge in [0.15, 0.2) is 17.3 Å². The van der Waals surface area contributed by atoms with Gasteiger partial charge >= 0.3 is 0 Å². The summed E-state index contributed by atoms with van der Waals surface area (Å²) in [4.78, 5) is 11.5. The number of hydrogen-bond acceptors (Lipinski definition) is 4. The third-order valence-electron chi connectivity index (χ3n) is 2.20. The van der Waals surface area contributed by atoms with E-state index < -0.39 is 0 Å². The normalized spacial score (nSPS) is 9.87. The minimum absolute atomic E-state index is 0.0391. The van der Waals surface area contributed by atoms with Crippen molar-refractivity contribution in [2.45, 2.75) is 6.92 Å². The molecule has 0 saturated heterocycles. The van der Waals surface area contributed by atoms with E-state index in [2.05, 4.69) is 0 Å². The van der Waals surface area contributed by atoms with Gasteiger partial charge in [-0.1, -0.05) is 6.07 Å². The van der Waals surface area contributed by atoms with E-state index in [1.54, 1.807) is 13.2 Å². The fraction of sp³-hybridized carbons (Fsp3) is 0.364. The maximum Gasteiger partial charge on any atom is 0.180 e. The molecule has 0 saturated carbocycles. The number of rotatable bonds is 4. The van der Waals surface area contributed by atoms with Gasteiger partial charge in [0.25, 0.3) is 0 Å². The summed E-state index contributed by atoms with van der Waals surface area (Å²) in [5.41, 5.74) is 6.69. The largest absolute Gasteiger partial charge is 0.493 e. The van der Waals surface area contributed by atoms with Crippen LogP contribution in [0, 0.1) is 6.92 Å². The molecule has 0 atom stereocenters. The lowest BCUT2D eigenvalue weighted by atomic mass is 10.1. The molecule has 4 heteroatoms. The van der Waals surface area contributed by atoms with Crippen molar-refractivity contribution in [2.75, 3.05) is 20.8 Å². The van der Waals surface area contributed by atoms with Gasteiger partial charge in [-0.15, -0.1) is 0 Å². The number of methoxy groups -OCH3 is 2. The van der Waals surface area contributed by atoms with Gasteiger partial charge in [0.2, 0.25) is 0 Å². The first kappa shape index (κ1) is 11.5. The van der Waals surface area contributed by atoms with Gasteiger partial charge in [-0.2, -0.15) is 0 Å². The molecule has 0 fully saturated rings. The zero-order chi connectivity index (χ0) is 11.4. The van der Waals surface area contributed by atoms with Crippen LogP contribution < -0.4 is 15.2 Å². The van der Waals surface area contributed by atoms with Crippen molar-refractivity contribution in [1.82, 2.24) is 0 Å². The molecular weight excluding hydrogens is 194 g/mol. The summed E-state index contributed by atoms with van der Waals surface area (Å²) in [5, 5.41) is 0. The SMILES string of the molecule is COc1c(C)ccc(C(=O)CN)c1OC. The van der Waals surface area contributed by atoms with Crippen molar-refractivity contribution >= 4 is 5.78 Å². The highest BCUT2D eigenvalue weighted by Crippen LogP contribution is 2.34. The number of hydrogen-bond donors (Lipinski definition) is 1. The summed E-state index contributed by atoms with van der Waals surface area (Å²) in [6.07, 6.45) is 0. The molecule has 82 valence electrons. The molecule has 0 heterocycles. The topological polar surface area (TPSA) is 61.5 Å². The van der Waals surface area contributed by atoms with Gasteiger partial charge in [0.05, 0.1) is 26.3 Å². The minimum Gasteiger partial charge on any atom is -0.493 e. The summed E-state index contributed by atoms with van der Waals surface area (Å²) in [7, 11) is 3.05. The molecule has 1 aromatic carbocycles. The number of aryl methyl sites for hydroxylation is 1. The van der Waals surface area contributed by atoms with Crippen LogP contribution in [0.3, 0.4) is 0 Å². The van der Waals surface area contributed by atoms with E-state index in [0.717, 1.165) is 5.56 Å². The Balaban J connectivity index is 3.35. The number of Topliss-reactive ketones (excluding diaryl/α,β-unsaturated/α-hetero) is 1. The smallest absolute Gasteiger partial charge is 0.180 e. The van der Waals surface area contributed by atoms with Crippen LogP contribution >= 0.6 is 0 Å². The van der Waals surface area contributed by atoms with Crippen molar-refractivity contribution in [2.24, 2.45) is 5.73 Å². The van der Waals surface area contributed by atoms with E-state index in [1.165, 1.54) is 7.11 Å². The number of benzene rings is 1. The summed E-state index contributed by atoms with van der Waals surface area (Å²) in [6.45, 7) is 1.85. The highest BCUT2D eigenvalue weighted by molar-refractivity contribution is 6.00. The van der Waals surface area contributed by atoms with Gasteiger partial charge in [-0.3, -0.25) is 4.79 Å². The molecule has 2 N–H and O–H groups in total. The maximum absolute atomic E-state index is 11.5. The molecule has 0 radical (unpaired) electrons. The van der Waals surface area contributed by atoms with Crippen molar-refractivity contribution in [1.29, 1.82) is 0 Å². The molecule has 0 unspecified atom stereocenters. The molecule has 0 aliphatic rings. The molecule has 0 aliphatic heterocycles. The lowest BCUT2D eigenvalue weighted by Gasteiger charge is -2.13. The second-order valence-corrected chi connectivity index (χ2v) is 3.12. The highest BCUT2D eigenvalue weighted by atomic mass is 16.5. The van der Waals surface area contributed by atoms with Crippen molar-refractivity contribution in [3.8, 4) is 11.5 Å². The van der Waals surface area contributed by atoms with Crippen LogP contribution in [0.15, 0.2) is 12.1 Å². The Hall–Kier alpha value is -1.55.